The van der Waals surface area contributed by atoms with E-state index in [4.69, 9.17) is 16.0 Å². The maximum absolute atomic E-state index is 11.9. The van der Waals surface area contributed by atoms with E-state index in [1.54, 1.807) is 12.1 Å². The lowest BCUT2D eigenvalue weighted by Gasteiger charge is -2.12. The highest BCUT2D eigenvalue weighted by molar-refractivity contribution is 6.32. The van der Waals surface area contributed by atoms with Gasteiger partial charge in [-0.3, -0.25) is 10.1 Å². The fourth-order valence-corrected chi connectivity index (χ4v) is 2.63. The summed E-state index contributed by atoms with van der Waals surface area (Å²) in [5.74, 6) is -2.40. The highest BCUT2D eigenvalue weighted by Gasteiger charge is 2.20. The zero-order valence-corrected chi connectivity index (χ0v) is 12.6. The molecule has 0 N–H and O–H groups in total. The number of carboxylic acid groups (broad SMARTS) is 1. The van der Waals surface area contributed by atoms with Crippen LogP contribution in [0.4, 0.5) is 5.69 Å². The summed E-state index contributed by atoms with van der Waals surface area (Å²) < 4.78 is 4.85. The van der Waals surface area contributed by atoms with Crippen molar-refractivity contribution in [3.8, 4) is 11.1 Å². The Morgan fingerprint density at radius 3 is 2.42 bits per heavy atom. The molecule has 0 bridgehead atoms. The number of nitrogens with zero attached hydrogens (tertiary/aromatic N) is 1. The summed E-state index contributed by atoms with van der Waals surface area (Å²) in [6, 6.07) is 9.98. The number of nitro groups is 1. The molecule has 1 heterocycles. The molecular formula is C16H7ClNO6-. The van der Waals surface area contributed by atoms with E-state index >= 15 is 0 Å². The molecule has 0 unspecified atom stereocenters. The van der Waals surface area contributed by atoms with Crippen LogP contribution in [0.3, 0.4) is 0 Å². The molecule has 0 fully saturated rings. The van der Waals surface area contributed by atoms with Crippen molar-refractivity contribution >= 4 is 34.0 Å². The quantitative estimate of drug-likeness (QED) is 0.532. The largest absolute Gasteiger partial charge is 0.542 e. The summed E-state index contributed by atoms with van der Waals surface area (Å²) in [4.78, 5) is 33.7. The Kier molecular flexibility index (Phi) is 3.78. The third-order valence-electron chi connectivity index (χ3n) is 3.46. The molecule has 0 aliphatic rings. The first-order valence-corrected chi connectivity index (χ1v) is 6.99. The van der Waals surface area contributed by atoms with Gasteiger partial charge in [-0.1, -0.05) is 35.9 Å². The zero-order valence-electron chi connectivity index (χ0n) is 11.8. The summed E-state index contributed by atoms with van der Waals surface area (Å²) in [7, 11) is 0. The second kappa shape index (κ2) is 5.78. The maximum Gasteiger partial charge on any atom is 0.344 e. The van der Waals surface area contributed by atoms with Crippen LogP contribution >= 0.6 is 11.6 Å². The molecule has 0 aliphatic heterocycles. The molecule has 0 radical (unpaired) electrons. The van der Waals surface area contributed by atoms with Gasteiger partial charge < -0.3 is 14.3 Å². The molecule has 1 aromatic heterocycles. The lowest BCUT2D eigenvalue weighted by Crippen LogP contribution is -2.25. The molecule has 7 nitrogen and oxygen atoms in total. The van der Waals surface area contributed by atoms with E-state index in [1.807, 2.05) is 0 Å². The number of hydrogen-bond donors (Lipinski definition) is 0. The number of nitro benzene ring substituents is 1. The molecule has 0 spiro atoms. The van der Waals surface area contributed by atoms with Crippen LogP contribution in [0.1, 0.15) is 10.6 Å². The van der Waals surface area contributed by atoms with Gasteiger partial charge in [0.25, 0.3) is 5.69 Å². The number of benzene rings is 2. The van der Waals surface area contributed by atoms with E-state index in [0.717, 1.165) is 6.07 Å². The van der Waals surface area contributed by atoms with E-state index in [9.17, 15) is 24.8 Å². The first-order valence-electron chi connectivity index (χ1n) is 6.61. The molecule has 0 amide bonds. The smallest absolute Gasteiger partial charge is 0.344 e. The summed E-state index contributed by atoms with van der Waals surface area (Å²) in [5, 5.41) is 22.8. The number of hydrogen-bond acceptors (Lipinski definition) is 6. The Balaban J connectivity index is 2.45. The molecule has 3 rings (SSSR count). The normalized spacial score (nSPS) is 10.7. The highest BCUT2D eigenvalue weighted by Crippen LogP contribution is 2.35. The lowest BCUT2D eigenvalue weighted by molar-refractivity contribution is -0.384. The minimum atomic E-state index is -1.70. The maximum atomic E-state index is 11.9. The van der Waals surface area contributed by atoms with Crippen LogP contribution in [-0.2, 0) is 0 Å². The monoisotopic (exact) mass is 344 g/mol. The SMILES string of the molecule is O=C([O-])c1oc(=O)c2ccccc2c1-c1ccc(Cl)c([N+](=O)[O-])c1. The van der Waals surface area contributed by atoms with Crippen LogP contribution in [-0.4, -0.2) is 10.9 Å². The van der Waals surface area contributed by atoms with Crippen molar-refractivity contribution in [2.24, 2.45) is 0 Å². The first-order chi connectivity index (χ1) is 11.4. The standard InChI is InChI=1S/C16H8ClNO6/c17-11-6-5-8(7-12(11)18(22)23)13-9-3-1-2-4-10(9)16(21)24-14(13)15(19)20/h1-7H,(H,19,20)/p-1. The van der Waals surface area contributed by atoms with Crippen molar-refractivity contribution in [3.05, 3.63) is 73.8 Å². The minimum absolute atomic E-state index is 0.0185. The van der Waals surface area contributed by atoms with Gasteiger partial charge in [-0.2, -0.15) is 0 Å². The fourth-order valence-electron chi connectivity index (χ4n) is 2.44. The van der Waals surface area contributed by atoms with Crippen LogP contribution in [0.2, 0.25) is 5.02 Å². The number of halogens is 1. The third kappa shape index (κ3) is 2.50. The molecule has 120 valence electrons. The number of carboxylic acids is 1. The van der Waals surface area contributed by atoms with Gasteiger partial charge in [0.15, 0.2) is 5.76 Å². The van der Waals surface area contributed by atoms with Crippen LogP contribution in [0.5, 0.6) is 0 Å². The molecule has 2 aromatic carbocycles. The van der Waals surface area contributed by atoms with Gasteiger partial charge >= 0.3 is 5.63 Å². The predicted molar refractivity (Wildman–Crippen MR) is 83.9 cm³/mol. The molecule has 0 atom stereocenters. The first kappa shape index (κ1) is 15.7. The Labute approximate surface area is 138 Å². The van der Waals surface area contributed by atoms with E-state index in [2.05, 4.69) is 0 Å². The van der Waals surface area contributed by atoms with Crippen LogP contribution < -0.4 is 10.7 Å². The summed E-state index contributed by atoms with van der Waals surface area (Å²) in [6.07, 6.45) is 0. The minimum Gasteiger partial charge on any atom is -0.542 e. The van der Waals surface area contributed by atoms with Crippen molar-refractivity contribution in [1.82, 2.24) is 0 Å². The molecule has 0 aliphatic carbocycles. The summed E-state index contributed by atoms with van der Waals surface area (Å²) in [6.45, 7) is 0. The second-order valence-corrected chi connectivity index (χ2v) is 5.26. The van der Waals surface area contributed by atoms with Crippen molar-refractivity contribution in [2.45, 2.75) is 0 Å². The van der Waals surface area contributed by atoms with Crippen molar-refractivity contribution in [2.75, 3.05) is 0 Å². The van der Waals surface area contributed by atoms with Gasteiger partial charge in [0, 0.05) is 17.0 Å². The van der Waals surface area contributed by atoms with E-state index in [-0.39, 0.29) is 26.9 Å². The number of aromatic carboxylic acids is 1. The second-order valence-electron chi connectivity index (χ2n) is 4.85. The number of rotatable bonds is 3. The molecule has 0 saturated carbocycles. The molecule has 3 aromatic rings. The third-order valence-corrected chi connectivity index (χ3v) is 3.77. The molecule has 8 heteroatoms. The van der Waals surface area contributed by atoms with Crippen LogP contribution in [0.15, 0.2) is 51.7 Å². The van der Waals surface area contributed by atoms with Gasteiger partial charge in [-0.05, 0) is 17.7 Å². The van der Waals surface area contributed by atoms with Gasteiger partial charge in [-0.15, -0.1) is 0 Å². The predicted octanol–water partition coefficient (Wildman–Crippen LogP) is 2.39. The van der Waals surface area contributed by atoms with E-state index in [0.29, 0.717) is 0 Å². The number of carbonyl (C=O) groups is 1. The van der Waals surface area contributed by atoms with Gasteiger partial charge in [0.1, 0.15) is 11.0 Å². The van der Waals surface area contributed by atoms with Crippen molar-refractivity contribution in [1.29, 1.82) is 0 Å². The topological polar surface area (TPSA) is 113 Å². The lowest BCUT2D eigenvalue weighted by atomic mass is 9.98. The Morgan fingerprint density at radius 2 is 1.79 bits per heavy atom. The average Bonchev–Trinajstić information content (AvgIpc) is 2.55. The highest BCUT2D eigenvalue weighted by atomic mass is 35.5. The zero-order chi connectivity index (χ0) is 17.4. The molecule has 24 heavy (non-hydrogen) atoms. The number of carbonyl (C=O) groups excluding carboxylic acids is 1. The Hall–Kier alpha value is -3.19. The average molecular weight is 345 g/mol. The summed E-state index contributed by atoms with van der Waals surface area (Å²) in [5.41, 5.74) is -1.04. The number of fused-ring (bicyclic) bond motifs is 1. The Morgan fingerprint density at radius 1 is 1.12 bits per heavy atom. The van der Waals surface area contributed by atoms with Crippen LogP contribution in [0, 0.1) is 10.1 Å². The van der Waals surface area contributed by atoms with Crippen molar-refractivity contribution in [3.63, 3.8) is 0 Å². The van der Waals surface area contributed by atoms with Crippen molar-refractivity contribution < 1.29 is 19.2 Å². The molecule has 0 saturated heterocycles. The van der Waals surface area contributed by atoms with Crippen LogP contribution in [0.25, 0.3) is 21.9 Å². The van der Waals surface area contributed by atoms with Gasteiger partial charge in [0.05, 0.1) is 10.3 Å². The van der Waals surface area contributed by atoms with Gasteiger partial charge in [0.2, 0.25) is 0 Å². The fraction of sp³-hybridized carbons (Fsp3) is 0. The van der Waals surface area contributed by atoms with E-state index in [1.165, 1.54) is 24.3 Å². The summed E-state index contributed by atoms with van der Waals surface area (Å²) >= 11 is 5.78. The van der Waals surface area contributed by atoms with Gasteiger partial charge in [-0.25, -0.2) is 4.79 Å². The van der Waals surface area contributed by atoms with E-state index < -0.39 is 28.0 Å². The molecular weight excluding hydrogens is 338 g/mol. The Bertz CT molecular complexity index is 1060.